The van der Waals surface area contributed by atoms with Crippen LogP contribution in [0.25, 0.3) is 10.9 Å². The molecule has 7 heteroatoms. The molecule has 154 valence electrons. The van der Waals surface area contributed by atoms with Gasteiger partial charge >= 0.3 is 0 Å². The third kappa shape index (κ3) is 4.65. The summed E-state index contributed by atoms with van der Waals surface area (Å²) >= 11 is 8.30. The third-order valence-corrected chi connectivity index (χ3v) is 6.50. The van der Waals surface area contributed by atoms with Crippen LogP contribution in [-0.4, -0.2) is 41.6 Å². The van der Waals surface area contributed by atoms with Crippen molar-refractivity contribution in [1.82, 2.24) is 9.88 Å². The normalized spacial score (nSPS) is 14.4. The Morgan fingerprint density at radius 3 is 2.80 bits per heavy atom. The van der Waals surface area contributed by atoms with Crippen LogP contribution in [0.2, 0.25) is 5.02 Å². The van der Waals surface area contributed by atoms with Crippen LogP contribution in [0.4, 0.5) is 5.69 Å². The molecule has 0 radical (unpaired) electrons. The van der Waals surface area contributed by atoms with Crippen LogP contribution < -0.4 is 10.1 Å². The van der Waals surface area contributed by atoms with E-state index in [9.17, 15) is 5.26 Å². The van der Waals surface area contributed by atoms with E-state index in [0.717, 1.165) is 58.9 Å². The number of nitrogens with one attached hydrogen (secondary N) is 1. The zero-order valence-corrected chi connectivity index (χ0v) is 18.4. The minimum atomic E-state index is 0.592. The van der Waals surface area contributed by atoms with Gasteiger partial charge in [0, 0.05) is 60.5 Å². The first-order valence-corrected chi connectivity index (χ1v) is 11.4. The number of hydrogen-bond acceptors (Lipinski definition) is 6. The summed E-state index contributed by atoms with van der Waals surface area (Å²) in [6, 6.07) is 13.7. The number of halogens is 1. The quantitative estimate of drug-likeness (QED) is 0.588. The first-order chi connectivity index (χ1) is 14.7. The van der Waals surface area contributed by atoms with Gasteiger partial charge in [0.2, 0.25) is 0 Å². The summed E-state index contributed by atoms with van der Waals surface area (Å²) in [6.45, 7) is 3.61. The molecule has 30 heavy (non-hydrogen) atoms. The van der Waals surface area contributed by atoms with E-state index in [1.165, 1.54) is 0 Å². The molecule has 1 aromatic heterocycles. The Bertz CT molecular complexity index is 1090. The summed E-state index contributed by atoms with van der Waals surface area (Å²) in [5.74, 6) is 2.98. The maximum atomic E-state index is 9.38. The van der Waals surface area contributed by atoms with E-state index in [2.05, 4.69) is 21.3 Å². The monoisotopic (exact) mass is 438 g/mol. The highest BCUT2D eigenvalue weighted by Gasteiger charge is 2.16. The molecule has 5 nitrogen and oxygen atoms in total. The van der Waals surface area contributed by atoms with Crippen LogP contribution in [0.1, 0.15) is 16.7 Å². The van der Waals surface area contributed by atoms with E-state index in [1.807, 2.05) is 54.4 Å². The maximum Gasteiger partial charge on any atom is 0.137 e. The topological polar surface area (TPSA) is 61.2 Å². The molecule has 4 rings (SSSR count). The average Bonchev–Trinajstić information content (AvgIpc) is 2.78. The number of anilines is 1. The van der Waals surface area contributed by atoms with Crippen molar-refractivity contribution in [2.45, 2.75) is 13.1 Å². The van der Waals surface area contributed by atoms with E-state index >= 15 is 0 Å². The SMILES string of the molecule is COc1ccc(CNc2c(CN3CCSCC3)cnc3ccc(C#N)cc23)cc1Cl. The van der Waals surface area contributed by atoms with Crippen molar-refractivity contribution in [2.24, 2.45) is 0 Å². The molecular formula is C23H23ClN4OS. The van der Waals surface area contributed by atoms with Gasteiger partial charge in [-0.15, -0.1) is 0 Å². The number of pyridine rings is 1. The minimum absolute atomic E-state index is 0.592. The lowest BCUT2D eigenvalue weighted by Crippen LogP contribution is -2.32. The molecule has 1 saturated heterocycles. The Morgan fingerprint density at radius 1 is 1.23 bits per heavy atom. The molecule has 3 aromatic rings. The van der Waals surface area contributed by atoms with Gasteiger partial charge in [0.1, 0.15) is 5.75 Å². The van der Waals surface area contributed by atoms with Crippen LogP contribution in [-0.2, 0) is 13.1 Å². The van der Waals surface area contributed by atoms with E-state index in [0.29, 0.717) is 22.9 Å². The van der Waals surface area contributed by atoms with E-state index in [1.54, 1.807) is 7.11 Å². The lowest BCUT2D eigenvalue weighted by molar-refractivity contribution is 0.295. The number of aromatic nitrogens is 1. The molecular weight excluding hydrogens is 416 g/mol. The van der Waals surface area contributed by atoms with Crippen molar-refractivity contribution < 1.29 is 4.74 Å². The number of thioether (sulfide) groups is 1. The summed E-state index contributed by atoms with van der Waals surface area (Å²) in [4.78, 5) is 7.12. The fraction of sp³-hybridized carbons (Fsp3) is 0.304. The van der Waals surface area contributed by atoms with Crippen molar-refractivity contribution in [3.05, 3.63) is 64.3 Å². The van der Waals surface area contributed by atoms with Crippen LogP contribution in [0, 0.1) is 11.3 Å². The standard InChI is InChI=1S/C23H23ClN4OS/c1-29-22-5-3-17(11-20(22)24)13-27-23-18(15-28-6-8-30-9-7-28)14-26-21-4-2-16(12-25)10-19(21)23/h2-5,10-11,14H,6-9,13,15H2,1H3,(H,26,27). The van der Waals surface area contributed by atoms with Gasteiger partial charge in [-0.25, -0.2) is 0 Å². The summed E-state index contributed by atoms with van der Waals surface area (Å²) in [5.41, 5.74) is 4.74. The van der Waals surface area contributed by atoms with Gasteiger partial charge in [-0.1, -0.05) is 17.7 Å². The van der Waals surface area contributed by atoms with Gasteiger partial charge in [0.05, 0.1) is 29.3 Å². The number of benzene rings is 2. The van der Waals surface area contributed by atoms with Crippen LogP contribution >= 0.6 is 23.4 Å². The lowest BCUT2D eigenvalue weighted by Gasteiger charge is -2.27. The zero-order chi connectivity index (χ0) is 20.9. The molecule has 0 atom stereocenters. The molecule has 0 amide bonds. The summed E-state index contributed by atoms with van der Waals surface area (Å²) in [6.07, 6.45) is 1.96. The highest BCUT2D eigenvalue weighted by molar-refractivity contribution is 7.99. The molecule has 2 heterocycles. The molecule has 0 aliphatic carbocycles. The fourth-order valence-electron chi connectivity index (χ4n) is 3.64. The van der Waals surface area contributed by atoms with Crippen molar-refractivity contribution in [3.63, 3.8) is 0 Å². The number of ether oxygens (including phenoxy) is 1. The number of hydrogen-bond donors (Lipinski definition) is 1. The molecule has 0 saturated carbocycles. The van der Waals surface area contributed by atoms with Gasteiger partial charge < -0.3 is 10.1 Å². The Morgan fingerprint density at radius 2 is 2.07 bits per heavy atom. The van der Waals surface area contributed by atoms with Crippen LogP contribution in [0.5, 0.6) is 5.75 Å². The predicted molar refractivity (Wildman–Crippen MR) is 124 cm³/mol. The molecule has 1 fully saturated rings. The molecule has 0 unspecified atom stereocenters. The summed E-state index contributed by atoms with van der Waals surface area (Å²) in [7, 11) is 1.61. The molecule has 1 N–H and O–H groups in total. The summed E-state index contributed by atoms with van der Waals surface area (Å²) in [5, 5.41) is 14.5. The first kappa shape index (κ1) is 20.8. The zero-order valence-electron chi connectivity index (χ0n) is 16.8. The Labute approximate surface area is 186 Å². The Hall–Kier alpha value is -2.46. The van der Waals surface area contributed by atoms with Crippen molar-refractivity contribution in [3.8, 4) is 11.8 Å². The minimum Gasteiger partial charge on any atom is -0.495 e. The first-order valence-electron chi connectivity index (χ1n) is 9.86. The van der Waals surface area contributed by atoms with E-state index in [-0.39, 0.29) is 0 Å². The van der Waals surface area contributed by atoms with Gasteiger partial charge in [0.15, 0.2) is 0 Å². The lowest BCUT2D eigenvalue weighted by atomic mass is 10.1. The van der Waals surface area contributed by atoms with E-state index < -0.39 is 0 Å². The molecule has 2 aromatic carbocycles. The van der Waals surface area contributed by atoms with Gasteiger partial charge in [0.25, 0.3) is 0 Å². The molecule has 1 aliphatic rings. The molecule has 1 aliphatic heterocycles. The van der Waals surface area contributed by atoms with Crippen molar-refractivity contribution >= 4 is 40.0 Å². The number of nitriles is 1. The maximum absolute atomic E-state index is 9.38. The average molecular weight is 439 g/mol. The van der Waals surface area contributed by atoms with E-state index in [4.69, 9.17) is 16.3 Å². The van der Waals surface area contributed by atoms with Crippen molar-refractivity contribution in [1.29, 1.82) is 5.26 Å². The third-order valence-electron chi connectivity index (χ3n) is 5.26. The molecule has 0 bridgehead atoms. The number of fused-ring (bicyclic) bond motifs is 1. The largest absolute Gasteiger partial charge is 0.495 e. The second-order valence-corrected chi connectivity index (χ2v) is 8.85. The van der Waals surface area contributed by atoms with Crippen LogP contribution in [0.3, 0.4) is 0 Å². The van der Waals surface area contributed by atoms with Crippen LogP contribution in [0.15, 0.2) is 42.6 Å². The Balaban J connectivity index is 1.67. The fourth-order valence-corrected chi connectivity index (χ4v) is 4.90. The van der Waals surface area contributed by atoms with Gasteiger partial charge in [-0.2, -0.15) is 17.0 Å². The molecule has 0 spiro atoms. The van der Waals surface area contributed by atoms with Crippen molar-refractivity contribution in [2.75, 3.05) is 37.0 Å². The second-order valence-electron chi connectivity index (χ2n) is 7.21. The summed E-state index contributed by atoms with van der Waals surface area (Å²) < 4.78 is 5.25. The second kappa shape index (κ2) is 9.57. The number of rotatable bonds is 6. The number of nitrogens with zero attached hydrogens (tertiary/aromatic N) is 3. The van der Waals surface area contributed by atoms with Gasteiger partial charge in [-0.05, 0) is 35.9 Å². The van der Waals surface area contributed by atoms with Gasteiger partial charge in [-0.3, -0.25) is 9.88 Å². The highest BCUT2D eigenvalue weighted by atomic mass is 35.5. The number of methoxy groups -OCH3 is 1. The highest BCUT2D eigenvalue weighted by Crippen LogP contribution is 2.30. The Kier molecular flexibility index (Phi) is 6.63. The predicted octanol–water partition coefficient (Wildman–Crippen LogP) is 4.93. The smallest absolute Gasteiger partial charge is 0.137 e.